The van der Waals surface area contributed by atoms with E-state index in [1.807, 2.05) is 6.07 Å². The van der Waals surface area contributed by atoms with Crippen molar-refractivity contribution in [3.8, 4) is 0 Å². The van der Waals surface area contributed by atoms with Gasteiger partial charge in [0, 0.05) is 42.3 Å². The molecular formula is C12H15BrN2O3S. The summed E-state index contributed by atoms with van der Waals surface area (Å²) in [4.78, 5) is 15.9. The first-order chi connectivity index (χ1) is 8.94. The minimum absolute atomic E-state index is 0.0227. The SMILES string of the molecule is O=C(Cc1cncc(Br)c1)CC1CS(=O)(=O)CCN1. The quantitative estimate of drug-likeness (QED) is 0.869. The summed E-state index contributed by atoms with van der Waals surface area (Å²) in [5.74, 6) is 0.234. The van der Waals surface area contributed by atoms with Gasteiger partial charge in [-0.3, -0.25) is 9.78 Å². The molecule has 0 amide bonds. The number of nitrogens with one attached hydrogen (secondary N) is 1. The van der Waals surface area contributed by atoms with Gasteiger partial charge in [0.15, 0.2) is 9.84 Å². The molecule has 1 aliphatic heterocycles. The zero-order valence-electron chi connectivity index (χ0n) is 10.3. The van der Waals surface area contributed by atoms with Crippen LogP contribution in [-0.2, 0) is 21.1 Å². The molecule has 1 atom stereocenters. The molecule has 0 bridgehead atoms. The van der Waals surface area contributed by atoms with Gasteiger partial charge in [-0.1, -0.05) is 0 Å². The lowest BCUT2D eigenvalue weighted by Crippen LogP contribution is -2.46. The molecule has 1 aromatic heterocycles. The largest absolute Gasteiger partial charge is 0.312 e. The molecule has 1 unspecified atom stereocenters. The van der Waals surface area contributed by atoms with E-state index >= 15 is 0 Å². The normalized spacial score (nSPS) is 22.1. The van der Waals surface area contributed by atoms with Crippen molar-refractivity contribution in [2.75, 3.05) is 18.1 Å². The van der Waals surface area contributed by atoms with Gasteiger partial charge in [-0.2, -0.15) is 0 Å². The number of carbonyl (C=O) groups is 1. The molecule has 0 spiro atoms. The maximum absolute atomic E-state index is 11.9. The van der Waals surface area contributed by atoms with Gasteiger partial charge in [0.25, 0.3) is 0 Å². The van der Waals surface area contributed by atoms with Crippen LogP contribution in [0.5, 0.6) is 0 Å². The van der Waals surface area contributed by atoms with E-state index in [4.69, 9.17) is 0 Å². The van der Waals surface area contributed by atoms with Crippen LogP contribution < -0.4 is 5.32 Å². The van der Waals surface area contributed by atoms with E-state index in [-0.39, 0.29) is 36.2 Å². The van der Waals surface area contributed by atoms with E-state index in [1.54, 1.807) is 12.4 Å². The highest BCUT2D eigenvalue weighted by atomic mass is 79.9. The third kappa shape index (κ3) is 4.67. The first-order valence-corrected chi connectivity index (χ1v) is 8.61. The molecule has 0 saturated carbocycles. The Labute approximate surface area is 120 Å². The second-order valence-corrected chi connectivity index (χ2v) is 7.84. The molecule has 1 aliphatic rings. The first-order valence-electron chi connectivity index (χ1n) is 5.99. The average Bonchev–Trinajstić information content (AvgIpc) is 2.27. The van der Waals surface area contributed by atoms with Crippen LogP contribution in [0.4, 0.5) is 0 Å². The number of ketones is 1. The molecular weight excluding hydrogens is 332 g/mol. The Morgan fingerprint density at radius 1 is 1.47 bits per heavy atom. The molecule has 2 heterocycles. The third-order valence-electron chi connectivity index (χ3n) is 2.94. The molecule has 104 valence electrons. The molecule has 1 aromatic rings. The second-order valence-electron chi connectivity index (χ2n) is 4.70. The molecule has 2 rings (SSSR count). The van der Waals surface area contributed by atoms with Crippen LogP contribution >= 0.6 is 15.9 Å². The molecule has 0 radical (unpaired) electrons. The molecule has 19 heavy (non-hydrogen) atoms. The highest BCUT2D eigenvalue weighted by molar-refractivity contribution is 9.10. The molecule has 0 aromatic carbocycles. The predicted octanol–water partition coefficient (Wildman–Crippen LogP) is 0.732. The van der Waals surface area contributed by atoms with Crippen molar-refractivity contribution in [2.24, 2.45) is 0 Å². The van der Waals surface area contributed by atoms with E-state index in [2.05, 4.69) is 26.2 Å². The minimum Gasteiger partial charge on any atom is -0.312 e. The van der Waals surface area contributed by atoms with Gasteiger partial charge in [0.05, 0.1) is 11.5 Å². The van der Waals surface area contributed by atoms with Crippen molar-refractivity contribution in [3.63, 3.8) is 0 Å². The zero-order chi connectivity index (χ0) is 13.9. The predicted molar refractivity (Wildman–Crippen MR) is 75.7 cm³/mol. The summed E-state index contributed by atoms with van der Waals surface area (Å²) in [6.07, 6.45) is 3.83. The lowest BCUT2D eigenvalue weighted by molar-refractivity contribution is -0.118. The number of hydrogen-bond acceptors (Lipinski definition) is 5. The van der Waals surface area contributed by atoms with E-state index in [0.29, 0.717) is 6.54 Å². The number of pyridine rings is 1. The Morgan fingerprint density at radius 2 is 2.26 bits per heavy atom. The van der Waals surface area contributed by atoms with Gasteiger partial charge in [-0.05, 0) is 27.6 Å². The number of carbonyl (C=O) groups excluding carboxylic acids is 1. The maximum Gasteiger partial charge on any atom is 0.153 e. The lowest BCUT2D eigenvalue weighted by Gasteiger charge is -2.22. The standard InChI is InChI=1S/C12H15BrN2O3S/c13-10-3-9(6-14-7-10)4-12(16)5-11-8-19(17,18)2-1-15-11/h3,6-7,11,15H,1-2,4-5,8H2. The lowest BCUT2D eigenvalue weighted by atomic mass is 10.1. The summed E-state index contributed by atoms with van der Waals surface area (Å²) in [6.45, 7) is 0.429. The van der Waals surface area contributed by atoms with E-state index in [9.17, 15) is 13.2 Å². The fraction of sp³-hybridized carbons (Fsp3) is 0.500. The van der Waals surface area contributed by atoms with E-state index < -0.39 is 9.84 Å². The van der Waals surface area contributed by atoms with Crippen molar-refractivity contribution in [1.29, 1.82) is 0 Å². The summed E-state index contributed by atoms with van der Waals surface area (Å²) in [7, 11) is -2.99. The second kappa shape index (κ2) is 6.11. The van der Waals surface area contributed by atoms with Crippen molar-refractivity contribution in [3.05, 3.63) is 28.5 Å². The summed E-state index contributed by atoms with van der Waals surface area (Å²) in [5, 5.41) is 3.08. The Balaban J connectivity index is 1.91. The summed E-state index contributed by atoms with van der Waals surface area (Å²) in [6, 6.07) is 1.59. The Hall–Kier alpha value is -0.790. The zero-order valence-corrected chi connectivity index (χ0v) is 12.7. The van der Waals surface area contributed by atoms with Gasteiger partial charge in [-0.25, -0.2) is 8.42 Å². The number of nitrogens with zero attached hydrogens (tertiary/aromatic N) is 1. The van der Waals surface area contributed by atoms with Crippen molar-refractivity contribution in [2.45, 2.75) is 18.9 Å². The van der Waals surface area contributed by atoms with Crippen LogP contribution in [0.2, 0.25) is 0 Å². The average molecular weight is 347 g/mol. The number of aromatic nitrogens is 1. The fourth-order valence-corrected chi connectivity index (χ4v) is 3.98. The number of rotatable bonds is 4. The maximum atomic E-state index is 11.9. The molecule has 1 N–H and O–H groups in total. The van der Waals surface area contributed by atoms with Crippen molar-refractivity contribution in [1.82, 2.24) is 10.3 Å². The number of Topliss-reactive ketones (excluding diaryl/α,β-unsaturated/α-hetero) is 1. The van der Waals surface area contributed by atoms with Crippen LogP contribution in [0.25, 0.3) is 0 Å². The Morgan fingerprint density at radius 3 is 2.95 bits per heavy atom. The van der Waals surface area contributed by atoms with Crippen molar-refractivity contribution >= 4 is 31.6 Å². The highest BCUT2D eigenvalue weighted by Crippen LogP contribution is 2.12. The number of halogens is 1. The smallest absolute Gasteiger partial charge is 0.153 e. The summed E-state index contributed by atoms with van der Waals surface area (Å²) in [5.41, 5.74) is 0.832. The van der Waals surface area contributed by atoms with Gasteiger partial charge in [-0.15, -0.1) is 0 Å². The molecule has 5 nitrogen and oxygen atoms in total. The van der Waals surface area contributed by atoms with Gasteiger partial charge in [0.2, 0.25) is 0 Å². The molecule has 7 heteroatoms. The summed E-state index contributed by atoms with van der Waals surface area (Å²) >= 11 is 3.30. The van der Waals surface area contributed by atoms with Crippen molar-refractivity contribution < 1.29 is 13.2 Å². The van der Waals surface area contributed by atoms with Crippen LogP contribution in [0.15, 0.2) is 22.9 Å². The van der Waals surface area contributed by atoms with Gasteiger partial charge < -0.3 is 5.32 Å². The Kier molecular flexibility index (Phi) is 4.70. The third-order valence-corrected chi connectivity index (χ3v) is 5.11. The van der Waals surface area contributed by atoms with Gasteiger partial charge >= 0.3 is 0 Å². The number of sulfone groups is 1. The highest BCUT2D eigenvalue weighted by Gasteiger charge is 2.25. The number of hydrogen-bond donors (Lipinski definition) is 1. The first kappa shape index (κ1) is 14.6. The summed E-state index contributed by atoms with van der Waals surface area (Å²) < 4.78 is 23.8. The molecule has 1 saturated heterocycles. The molecule has 1 fully saturated rings. The van der Waals surface area contributed by atoms with Crippen LogP contribution in [0.3, 0.4) is 0 Å². The molecule has 0 aliphatic carbocycles. The van der Waals surface area contributed by atoms with Crippen LogP contribution in [0.1, 0.15) is 12.0 Å². The Bertz CT molecular complexity index is 574. The minimum atomic E-state index is -2.99. The van der Waals surface area contributed by atoms with E-state index in [1.165, 1.54) is 0 Å². The monoisotopic (exact) mass is 346 g/mol. The van der Waals surface area contributed by atoms with Crippen LogP contribution in [-0.4, -0.2) is 43.3 Å². The van der Waals surface area contributed by atoms with E-state index in [0.717, 1.165) is 10.0 Å². The fourth-order valence-electron chi connectivity index (χ4n) is 2.13. The topological polar surface area (TPSA) is 76.1 Å². The van der Waals surface area contributed by atoms with Gasteiger partial charge in [0.1, 0.15) is 5.78 Å². The van der Waals surface area contributed by atoms with Crippen LogP contribution in [0, 0.1) is 0 Å².